The van der Waals surface area contributed by atoms with Crippen molar-refractivity contribution in [2.75, 3.05) is 26.4 Å². The van der Waals surface area contributed by atoms with E-state index in [2.05, 4.69) is 4.74 Å². The molecule has 1 amide bonds. The molecule has 0 atom stereocenters. The molecule has 0 saturated carbocycles. The van der Waals surface area contributed by atoms with Crippen LogP contribution in [0.3, 0.4) is 0 Å². The Morgan fingerprint density at radius 2 is 1.85 bits per heavy atom. The first-order chi connectivity index (χ1) is 6.27. The van der Waals surface area contributed by atoms with E-state index in [1.165, 1.54) is 0 Å². The number of carbonyl (C=O) groups is 1. The van der Waals surface area contributed by atoms with Gasteiger partial charge in [0.1, 0.15) is 0 Å². The van der Waals surface area contributed by atoms with Gasteiger partial charge in [-0.3, -0.25) is 0 Å². The van der Waals surface area contributed by atoms with Gasteiger partial charge in [-0.1, -0.05) is 0 Å². The van der Waals surface area contributed by atoms with Crippen LogP contribution in [0.4, 0.5) is 4.79 Å². The molecule has 0 rings (SSSR count). The first kappa shape index (κ1) is 12.2. The number of aliphatic hydroxyl groups excluding tert-OH is 1. The van der Waals surface area contributed by atoms with Gasteiger partial charge in [0, 0.05) is 6.61 Å². The van der Waals surface area contributed by atoms with E-state index >= 15 is 0 Å². The number of primary amides is 1. The van der Waals surface area contributed by atoms with Gasteiger partial charge >= 0.3 is 6.09 Å². The lowest BCUT2D eigenvalue weighted by Crippen LogP contribution is -2.13. The van der Waals surface area contributed by atoms with Crippen molar-refractivity contribution in [1.29, 1.82) is 0 Å². The van der Waals surface area contributed by atoms with Crippen LogP contribution in [-0.2, 0) is 9.47 Å². The van der Waals surface area contributed by atoms with Crippen molar-refractivity contribution in [3.8, 4) is 0 Å². The number of hydrogen-bond donors (Lipinski definition) is 2. The molecule has 5 heteroatoms. The summed E-state index contributed by atoms with van der Waals surface area (Å²) in [6.45, 7) is 1.45. The topological polar surface area (TPSA) is 81.8 Å². The van der Waals surface area contributed by atoms with Gasteiger partial charge in [-0.05, 0) is 19.3 Å². The van der Waals surface area contributed by atoms with Crippen molar-refractivity contribution >= 4 is 6.09 Å². The lowest BCUT2D eigenvalue weighted by molar-refractivity contribution is 0.0883. The number of amides is 1. The summed E-state index contributed by atoms with van der Waals surface area (Å²) in [5, 5.41) is 8.37. The van der Waals surface area contributed by atoms with E-state index in [1.807, 2.05) is 0 Å². The van der Waals surface area contributed by atoms with Crippen LogP contribution in [0.15, 0.2) is 0 Å². The Hall–Kier alpha value is -0.810. The van der Waals surface area contributed by atoms with Crippen molar-refractivity contribution in [2.24, 2.45) is 5.73 Å². The van der Waals surface area contributed by atoms with E-state index < -0.39 is 6.09 Å². The zero-order valence-corrected chi connectivity index (χ0v) is 7.70. The first-order valence-electron chi connectivity index (χ1n) is 4.38. The fourth-order valence-electron chi connectivity index (χ4n) is 0.822. The smallest absolute Gasteiger partial charge is 0.404 e. The monoisotopic (exact) mass is 191 g/mol. The fourth-order valence-corrected chi connectivity index (χ4v) is 0.822. The standard InChI is InChI=1S/C8H17NO4/c9-8(11)13-6-3-1-2-5-12-7-4-10/h10H,1-7H2,(H2,9,11). The largest absolute Gasteiger partial charge is 0.450 e. The summed E-state index contributed by atoms with van der Waals surface area (Å²) in [6.07, 6.45) is 1.91. The molecule has 0 aromatic carbocycles. The number of hydrogen-bond acceptors (Lipinski definition) is 4. The Bertz CT molecular complexity index is 129. The Morgan fingerprint density at radius 3 is 2.46 bits per heavy atom. The molecule has 0 fully saturated rings. The highest BCUT2D eigenvalue weighted by Gasteiger charge is 1.93. The summed E-state index contributed by atoms with van der Waals surface area (Å²) in [7, 11) is 0. The predicted octanol–water partition coefficient (Wildman–Crippen LogP) is 0.261. The molecule has 0 unspecified atom stereocenters. The molecule has 0 aliphatic heterocycles. The molecule has 0 radical (unpaired) electrons. The minimum Gasteiger partial charge on any atom is -0.450 e. The first-order valence-corrected chi connectivity index (χ1v) is 4.38. The van der Waals surface area contributed by atoms with E-state index in [9.17, 15) is 4.79 Å². The number of ether oxygens (including phenoxy) is 2. The molecule has 0 aliphatic carbocycles. The van der Waals surface area contributed by atoms with Crippen LogP contribution >= 0.6 is 0 Å². The Balaban J connectivity index is 2.87. The second kappa shape index (κ2) is 9.28. The average Bonchev–Trinajstić information content (AvgIpc) is 2.09. The van der Waals surface area contributed by atoms with Gasteiger partial charge in [0.2, 0.25) is 0 Å². The van der Waals surface area contributed by atoms with E-state index in [0.717, 1.165) is 19.3 Å². The maximum Gasteiger partial charge on any atom is 0.404 e. The van der Waals surface area contributed by atoms with Crippen LogP contribution < -0.4 is 5.73 Å². The van der Waals surface area contributed by atoms with E-state index in [4.69, 9.17) is 15.6 Å². The van der Waals surface area contributed by atoms with Crippen LogP contribution in [-0.4, -0.2) is 37.6 Å². The molecule has 0 heterocycles. The molecule has 3 N–H and O–H groups in total. The van der Waals surface area contributed by atoms with Gasteiger partial charge < -0.3 is 20.3 Å². The van der Waals surface area contributed by atoms with Crippen LogP contribution in [0.1, 0.15) is 19.3 Å². The van der Waals surface area contributed by atoms with Crippen LogP contribution in [0.5, 0.6) is 0 Å². The SMILES string of the molecule is NC(=O)OCCCCCOCCO. The average molecular weight is 191 g/mol. The molecular weight excluding hydrogens is 174 g/mol. The number of carbonyl (C=O) groups excluding carboxylic acids is 1. The molecule has 0 aliphatic rings. The molecule has 0 bridgehead atoms. The van der Waals surface area contributed by atoms with Crippen LogP contribution in [0.25, 0.3) is 0 Å². The third-order valence-electron chi connectivity index (χ3n) is 1.41. The molecule has 0 aromatic heterocycles. The van der Waals surface area contributed by atoms with Crippen molar-refractivity contribution in [3.05, 3.63) is 0 Å². The number of nitrogens with two attached hydrogens (primary N) is 1. The highest BCUT2D eigenvalue weighted by atomic mass is 16.5. The van der Waals surface area contributed by atoms with E-state index in [1.54, 1.807) is 0 Å². The number of unbranched alkanes of at least 4 members (excludes halogenated alkanes) is 2. The summed E-state index contributed by atoms with van der Waals surface area (Å²) in [5.41, 5.74) is 4.76. The quantitative estimate of drug-likeness (QED) is 0.539. The lowest BCUT2D eigenvalue weighted by Gasteiger charge is -2.02. The minimum atomic E-state index is -0.725. The highest BCUT2D eigenvalue weighted by Crippen LogP contribution is 1.96. The van der Waals surface area contributed by atoms with Gasteiger partial charge in [-0.15, -0.1) is 0 Å². The fraction of sp³-hybridized carbons (Fsp3) is 0.875. The summed E-state index contributed by atoms with van der Waals surface area (Å²) in [4.78, 5) is 10.1. The van der Waals surface area contributed by atoms with Crippen molar-refractivity contribution in [2.45, 2.75) is 19.3 Å². The van der Waals surface area contributed by atoms with Crippen LogP contribution in [0, 0.1) is 0 Å². The minimum absolute atomic E-state index is 0.0603. The van der Waals surface area contributed by atoms with Gasteiger partial charge in [0.25, 0.3) is 0 Å². The van der Waals surface area contributed by atoms with Crippen LogP contribution in [0.2, 0.25) is 0 Å². The second-order valence-corrected chi connectivity index (χ2v) is 2.56. The zero-order chi connectivity index (χ0) is 9.94. The molecule has 0 saturated heterocycles. The van der Waals surface area contributed by atoms with Crippen molar-refractivity contribution in [1.82, 2.24) is 0 Å². The Labute approximate surface area is 77.8 Å². The molecule has 0 spiro atoms. The molecule has 5 nitrogen and oxygen atoms in total. The van der Waals surface area contributed by atoms with E-state index in [0.29, 0.717) is 19.8 Å². The number of aliphatic hydroxyl groups is 1. The molecule has 78 valence electrons. The summed E-state index contributed by atoms with van der Waals surface area (Å²) in [5.74, 6) is 0. The summed E-state index contributed by atoms with van der Waals surface area (Å²) >= 11 is 0. The zero-order valence-electron chi connectivity index (χ0n) is 7.70. The van der Waals surface area contributed by atoms with Crippen molar-refractivity contribution in [3.63, 3.8) is 0 Å². The summed E-state index contributed by atoms with van der Waals surface area (Å²) in [6, 6.07) is 0. The lowest BCUT2D eigenvalue weighted by atomic mass is 10.2. The predicted molar refractivity (Wildman–Crippen MR) is 47.3 cm³/mol. The molecular formula is C8H17NO4. The van der Waals surface area contributed by atoms with Gasteiger partial charge in [-0.2, -0.15) is 0 Å². The Kier molecular flexibility index (Phi) is 8.70. The second-order valence-electron chi connectivity index (χ2n) is 2.56. The molecule has 13 heavy (non-hydrogen) atoms. The third kappa shape index (κ3) is 11.2. The highest BCUT2D eigenvalue weighted by molar-refractivity contribution is 5.64. The van der Waals surface area contributed by atoms with E-state index in [-0.39, 0.29) is 6.61 Å². The summed E-state index contributed by atoms with van der Waals surface area (Å²) < 4.78 is 9.56. The normalized spacial score (nSPS) is 9.92. The van der Waals surface area contributed by atoms with Gasteiger partial charge in [-0.25, -0.2) is 4.79 Å². The molecule has 0 aromatic rings. The van der Waals surface area contributed by atoms with Crippen molar-refractivity contribution < 1.29 is 19.4 Å². The maximum atomic E-state index is 10.1. The van der Waals surface area contributed by atoms with Gasteiger partial charge in [0.05, 0.1) is 19.8 Å². The van der Waals surface area contributed by atoms with Gasteiger partial charge in [0.15, 0.2) is 0 Å². The third-order valence-corrected chi connectivity index (χ3v) is 1.41. The maximum absolute atomic E-state index is 10.1. The Morgan fingerprint density at radius 1 is 1.15 bits per heavy atom. The number of rotatable bonds is 8.